The summed E-state index contributed by atoms with van der Waals surface area (Å²) in [4.78, 5) is 20.7. The Balaban J connectivity index is 1.66. The number of aromatic nitrogens is 1. The van der Waals surface area contributed by atoms with Crippen LogP contribution in [0.1, 0.15) is 18.1 Å². The number of benzene rings is 1. The summed E-state index contributed by atoms with van der Waals surface area (Å²) in [6, 6.07) is 10.1. The van der Waals surface area contributed by atoms with Gasteiger partial charge in [0.1, 0.15) is 10.6 Å². The van der Waals surface area contributed by atoms with Crippen molar-refractivity contribution in [3.05, 3.63) is 65.7 Å². The molecule has 1 amide bonds. The van der Waals surface area contributed by atoms with Gasteiger partial charge in [-0.3, -0.25) is 14.8 Å². The molecule has 0 saturated carbocycles. The molecule has 1 N–H and O–H groups in total. The molecule has 2 aromatic rings. The summed E-state index contributed by atoms with van der Waals surface area (Å²) in [7, 11) is 0. The Hall–Kier alpha value is -2.21. The SMILES string of the molecule is CC1(c2ccncc2)SC(=NCCc2ccc(F)cc2)NC1=O. The monoisotopic (exact) mass is 329 g/mol. The van der Waals surface area contributed by atoms with E-state index in [0.29, 0.717) is 18.1 Å². The number of aliphatic imine (C=N–C) groups is 1. The number of carbonyl (C=O) groups is 1. The highest BCUT2D eigenvalue weighted by molar-refractivity contribution is 8.15. The van der Waals surface area contributed by atoms with Crippen LogP contribution in [0.2, 0.25) is 0 Å². The molecule has 4 nitrogen and oxygen atoms in total. The van der Waals surface area contributed by atoms with Gasteiger partial charge in [-0.1, -0.05) is 23.9 Å². The van der Waals surface area contributed by atoms with Crippen LogP contribution in [0, 0.1) is 5.82 Å². The fourth-order valence-electron chi connectivity index (χ4n) is 2.35. The van der Waals surface area contributed by atoms with E-state index in [-0.39, 0.29) is 11.7 Å². The van der Waals surface area contributed by atoms with Crippen LogP contribution in [0.4, 0.5) is 4.39 Å². The number of rotatable bonds is 4. The molecule has 1 atom stereocenters. The largest absolute Gasteiger partial charge is 0.304 e. The zero-order valence-electron chi connectivity index (χ0n) is 12.6. The maximum atomic E-state index is 12.9. The predicted molar refractivity (Wildman–Crippen MR) is 89.7 cm³/mol. The number of hydrogen-bond acceptors (Lipinski definition) is 4. The normalized spacial score (nSPS) is 22.3. The van der Waals surface area contributed by atoms with Gasteiger partial charge >= 0.3 is 0 Å². The Labute approximate surface area is 138 Å². The molecule has 23 heavy (non-hydrogen) atoms. The highest BCUT2D eigenvalue weighted by Gasteiger charge is 2.43. The van der Waals surface area contributed by atoms with Gasteiger partial charge in [-0.25, -0.2) is 4.39 Å². The van der Waals surface area contributed by atoms with Gasteiger partial charge in [0.15, 0.2) is 5.17 Å². The zero-order chi connectivity index (χ0) is 16.3. The summed E-state index contributed by atoms with van der Waals surface area (Å²) in [6.07, 6.45) is 4.06. The molecule has 0 aliphatic carbocycles. The van der Waals surface area contributed by atoms with Gasteiger partial charge in [-0.05, 0) is 48.7 Å². The van der Waals surface area contributed by atoms with E-state index >= 15 is 0 Å². The van der Waals surface area contributed by atoms with Gasteiger partial charge in [0.05, 0.1) is 0 Å². The molecule has 1 aliphatic heterocycles. The summed E-state index contributed by atoms with van der Waals surface area (Å²) >= 11 is 1.41. The summed E-state index contributed by atoms with van der Waals surface area (Å²) in [5.41, 5.74) is 1.92. The minimum absolute atomic E-state index is 0.0748. The molecule has 1 saturated heterocycles. The lowest BCUT2D eigenvalue weighted by molar-refractivity contribution is -0.121. The average molecular weight is 329 g/mol. The van der Waals surface area contributed by atoms with Crippen LogP contribution in [0.15, 0.2) is 53.8 Å². The summed E-state index contributed by atoms with van der Waals surface area (Å²) in [5.74, 6) is -0.318. The Kier molecular flexibility index (Phi) is 4.43. The fourth-order valence-corrected chi connectivity index (χ4v) is 3.43. The first-order valence-corrected chi connectivity index (χ1v) is 8.09. The van der Waals surface area contributed by atoms with Gasteiger partial charge in [-0.2, -0.15) is 0 Å². The van der Waals surface area contributed by atoms with Crippen LogP contribution in [-0.4, -0.2) is 22.6 Å². The molecule has 2 heterocycles. The van der Waals surface area contributed by atoms with E-state index in [2.05, 4.69) is 15.3 Å². The second-order valence-corrected chi connectivity index (χ2v) is 6.80. The van der Waals surface area contributed by atoms with Gasteiger partial charge < -0.3 is 5.32 Å². The molecule has 118 valence electrons. The van der Waals surface area contributed by atoms with Crippen molar-refractivity contribution in [1.82, 2.24) is 10.3 Å². The van der Waals surface area contributed by atoms with Crippen LogP contribution in [0.5, 0.6) is 0 Å². The second-order valence-electron chi connectivity index (χ2n) is 5.39. The van der Waals surface area contributed by atoms with E-state index in [1.165, 1.54) is 23.9 Å². The molecule has 6 heteroatoms. The van der Waals surface area contributed by atoms with Crippen molar-refractivity contribution in [2.45, 2.75) is 18.1 Å². The van der Waals surface area contributed by atoms with E-state index in [1.54, 1.807) is 24.5 Å². The van der Waals surface area contributed by atoms with E-state index in [4.69, 9.17) is 0 Å². The maximum Gasteiger partial charge on any atom is 0.246 e. The highest BCUT2D eigenvalue weighted by Crippen LogP contribution is 2.40. The molecule has 1 fully saturated rings. The van der Waals surface area contributed by atoms with Crippen molar-refractivity contribution < 1.29 is 9.18 Å². The lowest BCUT2D eigenvalue weighted by Crippen LogP contribution is -2.31. The molecule has 1 aliphatic rings. The molecular formula is C17H16FN3OS. The number of carbonyl (C=O) groups excluding carboxylic acids is 1. The van der Waals surface area contributed by atoms with Crippen LogP contribution >= 0.6 is 11.8 Å². The van der Waals surface area contributed by atoms with Crippen molar-refractivity contribution in [2.75, 3.05) is 6.54 Å². The van der Waals surface area contributed by atoms with Crippen molar-refractivity contribution in [3.63, 3.8) is 0 Å². The van der Waals surface area contributed by atoms with Gasteiger partial charge in [0.25, 0.3) is 0 Å². The van der Waals surface area contributed by atoms with Crippen LogP contribution in [0.3, 0.4) is 0 Å². The zero-order valence-corrected chi connectivity index (χ0v) is 13.4. The molecule has 1 unspecified atom stereocenters. The van der Waals surface area contributed by atoms with Crippen molar-refractivity contribution in [2.24, 2.45) is 4.99 Å². The summed E-state index contributed by atoms with van der Waals surface area (Å²) in [6.45, 7) is 2.42. The van der Waals surface area contributed by atoms with Gasteiger partial charge in [0, 0.05) is 18.9 Å². The number of amides is 1. The van der Waals surface area contributed by atoms with Crippen LogP contribution in [0.25, 0.3) is 0 Å². The van der Waals surface area contributed by atoms with E-state index in [1.807, 2.05) is 19.1 Å². The number of nitrogens with zero attached hydrogens (tertiary/aromatic N) is 2. The van der Waals surface area contributed by atoms with Crippen molar-refractivity contribution >= 4 is 22.8 Å². The number of thioether (sulfide) groups is 1. The Bertz CT molecular complexity index is 733. The molecular weight excluding hydrogens is 313 g/mol. The Morgan fingerprint density at radius 1 is 1.22 bits per heavy atom. The quantitative estimate of drug-likeness (QED) is 0.938. The lowest BCUT2D eigenvalue weighted by atomic mass is 10.0. The number of halogens is 1. The smallest absolute Gasteiger partial charge is 0.246 e. The third kappa shape index (κ3) is 3.42. The second kappa shape index (κ2) is 6.50. The number of amidine groups is 1. The van der Waals surface area contributed by atoms with Crippen molar-refractivity contribution in [1.29, 1.82) is 0 Å². The minimum atomic E-state index is -0.683. The molecule has 1 aromatic carbocycles. The van der Waals surface area contributed by atoms with Crippen LogP contribution in [-0.2, 0) is 16.0 Å². The standard InChI is InChI=1S/C17H16FN3OS/c1-17(13-7-9-19-10-8-13)15(22)21-16(23-17)20-11-6-12-2-4-14(18)5-3-12/h2-5,7-10H,6,11H2,1H3,(H,20,21,22). The van der Waals surface area contributed by atoms with E-state index < -0.39 is 4.75 Å². The topological polar surface area (TPSA) is 54.4 Å². The molecule has 0 spiro atoms. The first kappa shape index (κ1) is 15.7. The highest BCUT2D eigenvalue weighted by atomic mass is 32.2. The lowest BCUT2D eigenvalue weighted by Gasteiger charge is -2.18. The average Bonchev–Trinajstić information content (AvgIpc) is 2.86. The molecule has 0 bridgehead atoms. The Morgan fingerprint density at radius 2 is 1.91 bits per heavy atom. The fraction of sp³-hybridized carbons (Fsp3) is 0.235. The van der Waals surface area contributed by atoms with Crippen molar-refractivity contribution in [3.8, 4) is 0 Å². The molecule has 0 radical (unpaired) electrons. The summed E-state index contributed by atoms with van der Waals surface area (Å²) < 4.78 is 12.2. The first-order chi connectivity index (χ1) is 11.1. The molecule has 1 aromatic heterocycles. The maximum absolute atomic E-state index is 12.9. The minimum Gasteiger partial charge on any atom is -0.304 e. The molecule has 3 rings (SSSR count). The third-order valence-corrected chi connectivity index (χ3v) is 5.01. The van der Waals surface area contributed by atoms with Gasteiger partial charge in [-0.15, -0.1) is 0 Å². The number of hydrogen-bond donors (Lipinski definition) is 1. The summed E-state index contributed by atoms with van der Waals surface area (Å²) in [5, 5.41) is 3.45. The van der Waals surface area contributed by atoms with Gasteiger partial charge in [0.2, 0.25) is 5.91 Å². The Morgan fingerprint density at radius 3 is 2.61 bits per heavy atom. The number of nitrogens with one attached hydrogen (secondary N) is 1. The predicted octanol–water partition coefficient (Wildman–Crippen LogP) is 2.90. The van der Waals surface area contributed by atoms with E-state index in [9.17, 15) is 9.18 Å². The first-order valence-electron chi connectivity index (χ1n) is 7.28. The third-order valence-electron chi connectivity index (χ3n) is 3.75. The number of pyridine rings is 1. The van der Waals surface area contributed by atoms with E-state index in [0.717, 1.165) is 11.1 Å². The van der Waals surface area contributed by atoms with Crippen LogP contribution < -0.4 is 5.32 Å².